The number of aliphatic hydroxyl groups excluding tert-OH is 1. The molecular formula is C20H20Cl2N2OS. The largest absolute Gasteiger partial charge is 0.395 e. The molecule has 0 aliphatic carbocycles. The number of aliphatic hydroxyl groups is 1. The van der Waals surface area contributed by atoms with Crippen LogP contribution in [0.4, 0.5) is 0 Å². The quantitative estimate of drug-likeness (QED) is 0.568. The Morgan fingerprint density at radius 1 is 1.04 bits per heavy atom. The molecule has 6 heteroatoms. The third-order valence-electron chi connectivity index (χ3n) is 4.06. The van der Waals surface area contributed by atoms with Crippen LogP contribution in [0.25, 0.3) is 11.3 Å². The maximum Gasteiger partial charge on any atom is 0.107 e. The number of hydrogen-bond acceptors (Lipinski definition) is 4. The van der Waals surface area contributed by atoms with E-state index in [0.717, 1.165) is 21.8 Å². The van der Waals surface area contributed by atoms with Crippen molar-refractivity contribution in [1.82, 2.24) is 9.88 Å². The zero-order chi connectivity index (χ0) is 18.5. The minimum Gasteiger partial charge on any atom is -0.395 e. The van der Waals surface area contributed by atoms with Crippen molar-refractivity contribution >= 4 is 34.5 Å². The smallest absolute Gasteiger partial charge is 0.107 e. The summed E-state index contributed by atoms with van der Waals surface area (Å²) in [5, 5.41) is 13.6. The van der Waals surface area contributed by atoms with E-state index >= 15 is 0 Å². The molecular weight excluding hydrogens is 387 g/mol. The Morgan fingerprint density at radius 3 is 2.50 bits per heavy atom. The van der Waals surface area contributed by atoms with Gasteiger partial charge in [0.1, 0.15) is 5.01 Å². The molecule has 0 saturated heterocycles. The fraction of sp³-hybridized carbons (Fsp3) is 0.250. The van der Waals surface area contributed by atoms with Crippen LogP contribution >= 0.6 is 34.5 Å². The van der Waals surface area contributed by atoms with Crippen molar-refractivity contribution in [1.29, 1.82) is 0 Å². The van der Waals surface area contributed by atoms with Gasteiger partial charge in [0.2, 0.25) is 0 Å². The Kier molecular flexibility index (Phi) is 6.68. The zero-order valence-electron chi connectivity index (χ0n) is 14.5. The summed E-state index contributed by atoms with van der Waals surface area (Å²) >= 11 is 13.7. The highest BCUT2D eigenvalue weighted by atomic mass is 35.5. The van der Waals surface area contributed by atoms with Gasteiger partial charge in [-0.25, -0.2) is 4.98 Å². The SMILES string of the molecule is Cc1ccc(-c2csc(CN(CCO)Cc3ccc(Cl)c(Cl)c3)n2)cc1. The average Bonchev–Trinajstić information content (AvgIpc) is 3.07. The number of nitrogens with zero attached hydrogens (tertiary/aromatic N) is 2. The number of aryl methyl sites for hydroxylation is 1. The van der Waals surface area contributed by atoms with Crippen LogP contribution in [-0.4, -0.2) is 28.1 Å². The van der Waals surface area contributed by atoms with Crippen LogP contribution in [0.5, 0.6) is 0 Å². The zero-order valence-corrected chi connectivity index (χ0v) is 16.8. The van der Waals surface area contributed by atoms with Crippen LogP contribution in [0.2, 0.25) is 10.0 Å². The van der Waals surface area contributed by atoms with Crippen LogP contribution in [0, 0.1) is 6.92 Å². The summed E-state index contributed by atoms with van der Waals surface area (Å²) in [4.78, 5) is 6.90. The number of hydrogen-bond donors (Lipinski definition) is 1. The molecule has 0 radical (unpaired) electrons. The molecule has 0 aliphatic heterocycles. The van der Waals surface area contributed by atoms with Gasteiger partial charge in [-0.05, 0) is 24.6 Å². The minimum absolute atomic E-state index is 0.0948. The molecule has 136 valence electrons. The summed E-state index contributed by atoms with van der Waals surface area (Å²) in [7, 11) is 0. The molecule has 0 amide bonds. The first-order valence-electron chi connectivity index (χ1n) is 8.34. The van der Waals surface area contributed by atoms with E-state index < -0.39 is 0 Å². The standard InChI is InChI=1S/C20H20Cl2N2OS/c1-14-2-5-16(6-3-14)19-13-26-20(23-19)12-24(8-9-25)11-15-4-7-17(21)18(22)10-15/h2-7,10,13,25H,8-9,11-12H2,1H3. The first-order valence-corrected chi connectivity index (χ1v) is 9.97. The van der Waals surface area contributed by atoms with Crippen molar-refractivity contribution in [3.05, 3.63) is 74.0 Å². The van der Waals surface area contributed by atoms with Gasteiger partial charge in [0.25, 0.3) is 0 Å². The summed E-state index contributed by atoms with van der Waals surface area (Å²) in [6.45, 7) is 4.09. The van der Waals surface area contributed by atoms with E-state index in [1.165, 1.54) is 5.56 Å². The summed E-state index contributed by atoms with van der Waals surface area (Å²) in [6.07, 6.45) is 0. The molecule has 26 heavy (non-hydrogen) atoms. The summed E-state index contributed by atoms with van der Waals surface area (Å²) in [6, 6.07) is 14.0. The Bertz CT molecular complexity index is 865. The fourth-order valence-electron chi connectivity index (χ4n) is 2.68. The lowest BCUT2D eigenvalue weighted by Gasteiger charge is -2.20. The highest BCUT2D eigenvalue weighted by Crippen LogP contribution is 2.25. The Balaban J connectivity index is 1.71. The van der Waals surface area contributed by atoms with Crippen molar-refractivity contribution < 1.29 is 5.11 Å². The van der Waals surface area contributed by atoms with Gasteiger partial charge < -0.3 is 5.11 Å². The maximum absolute atomic E-state index is 9.39. The topological polar surface area (TPSA) is 36.4 Å². The molecule has 0 atom stereocenters. The van der Waals surface area contributed by atoms with Gasteiger partial charge in [-0.3, -0.25) is 4.90 Å². The first kappa shape index (κ1) is 19.3. The third-order valence-corrected chi connectivity index (χ3v) is 5.64. The van der Waals surface area contributed by atoms with Gasteiger partial charge in [-0.15, -0.1) is 11.3 Å². The van der Waals surface area contributed by atoms with Crippen LogP contribution in [0.1, 0.15) is 16.1 Å². The lowest BCUT2D eigenvalue weighted by molar-refractivity contribution is 0.184. The molecule has 1 N–H and O–H groups in total. The van der Waals surface area contributed by atoms with Gasteiger partial charge in [0.05, 0.1) is 28.9 Å². The molecule has 0 spiro atoms. The molecule has 3 rings (SSSR count). The summed E-state index contributed by atoms with van der Waals surface area (Å²) in [5.74, 6) is 0. The number of benzene rings is 2. The van der Waals surface area contributed by atoms with Gasteiger partial charge >= 0.3 is 0 Å². The first-order chi connectivity index (χ1) is 12.5. The van der Waals surface area contributed by atoms with Crippen LogP contribution < -0.4 is 0 Å². The highest BCUT2D eigenvalue weighted by Gasteiger charge is 2.12. The Labute approximate surface area is 167 Å². The molecule has 0 aliphatic rings. The Hall–Kier alpha value is -1.43. The van der Waals surface area contributed by atoms with Gasteiger partial charge in [0, 0.05) is 24.0 Å². The Morgan fingerprint density at radius 2 is 1.81 bits per heavy atom. The number of halogens is 2. The monoisotopic (exact) mass is 406 g/mol. The predicted molar refractivity (Wildman–Crippen MR) is 110 cm³/mol. The van der Waals surface area contributed by atoms with Crippen molar-refractivity contribution in [3.63, 3.8) is 0 Å². The van der Waals surface area contributed by atoms with E-state index in [2.05, 4.69) is 41.5 Å². The average molecular weight is 407 g/mol. The lowest BCUT2D eigenvalue weighted by Crippen LogP contribution is -2.26. The number of thiazole rings is 1. The molecule has 0 fully saturated rings. The van der Waals surface area contributed by atoms with E-state index in [1.807, 2.05) is 12.1 Å². The van der Waals surface area contributed by atoms with Gasteiger partial charge in [-0.2, -0.15) is 0 Å². The molecule has 3 nitrogen and oxygen atoms in total. The number of aromatic nitrogens is 1. The molecule has 1 heterocycles. The summed E-state index contributed by atoms with van der Waals surface area (Å²) < 4.78 is 0. The normalized spacial score (nSPS) is 11.3. The second kappa shape index (κ2) is 8.98. The van der Waals surface area contributed by atoms with Crippen molar-refractivity contribution in [2.75, 3.05) is 13.2 Å². The maximum atomic E-state index is 9.39. The second-order valence-electron chi connectivity index (χ2n) is 6.18. The van der Waals surface area contributed by atoms with Crippen LogP contribution in [0.3, 0.4) is 0 Å². The summed E-state index contributed by atoms with van der Waals surface area (Å²) in [5.41, 5.74) is 4.41. The van der Waals surface area contributed by atoms with Crippen molar-refractivity contribution in [3.8, 4) is 11.3 Å². The van der Waals surface area contributed by atoms with Crippen LogP contribution in [-0.2, 0) is 13.1 Å². The molecule has 0 bridgehead atoms. The molecule has 2 aromatic carbocycles. The van der Waals surface area contributed by atoms with Gasteiger partial charge in [0.15, 0.2) is 0 Å². The lowest BCUT2D eigenvalue weighted by atomic mass is 10.1. The highest BCUT2D eigenvalue weighted by molar-refractivity contribution is 7.09. The van der Waals surface area contributed by atoms with E-state index in [4.69, 9.17) is 28.2 Å². The van der Waals surface area contributed by atoms with Crippen molar-refractivity contribution in [2.24, 2.45) is 0 Å². The van der Waals surface area contributed by atoms with E-state index in [1.54, 1.807) is 17.4 Å². The third kappa shape index (κ3) is 5.06. The van der Waals surface area contributed by atoms with E-state index in [0.29, 0.717) is 29.7 Å². The minimum atomic E-state index is 0.0948. The predicted octanol–water partition coefficient (Wildman–Crippen LogP) is 5.42. The fourth-order valence-corrected chi connectivity index (χ4v) is 3.85. The molecule has 3 aromatic rings. The molecule has 0 unspecified atom stereocenters. The molecule has 1 aromatic heterocycles. The van der Waals surface area contributed by atoms with Crippen LogP contribution in [0.15, 0.2) is 47.8 Å². The van der Waals surface area contributed by atoms with E-state index in [-0.39, 0.29) is 6.61 Å². The van der Waals surface area contributed by atoms with Crippen molar-refractivity contribution in [2.45, 2.75) is 20.0 Å². The number of rotatable bonds is 7. The van der Waals surface area contributed by atoms with E-state index in [9.17, 15) is 5.11 Å². The second-order valence-corrected chi connectivity index (χ2v) is 7.93. The van der Waals surface area contributed by atoms with Gasteiger partial charge in [-0.1, -0.05) is 59.1 Å². The molecule has 0 saturated carbocycles.